The molecule has 0 spiro atoms. The summed E-state index contributed by atoms with van der Waals surface area (Å²) in [6, 6.07) is 6.07. The molecule has 1 aromatic carbocycles. The SMILES string of the molecule is COc1cc(CCN2CCCC2)ccc1N. The number of ether oxygens (including phenoxy) is 1. The Balaban J connectivity index is 1.93. The summed E-state index contributed by atoms with van der Waals surface area (Å²) in [6.07, 6.45) is 3.78. The number of anilines is 1. The van der Waals surface area contributed by atoms with E-state index in [1.54, 1.807) is 7.11 Å². The first kappa shape index (κ1) is 11.3. The van der Waals surface area contributed by atoms with Gasteiger partial charge in [0, 0.05) is 6.54 Å². The van der Waals surface area contributed by atoms with Crippen molar-refractivity contribution in [2.75, 3.05) is 32.5 Å². The zero-order chi connectivity index (χ0) is 11.4. The molecule has 3 heteroatoms. The lowest BCUT2D eigenvalue weighted by molar-refractivity contribution is 0.343. The van der Waals surface area contributed by atoms with E-state index in [1.165, 1.54) is 31.5 Å². The van der Waals surface area contributed by atoms with Crippen molar-refractivity contribution < 1.29 is 4.74 Å². The van der Waals surface area contributed by atoms with Crippen molar-refractivity contribution in [3.63, 3.8) is 0 Å². The van der Waals surface area contributed by atoms with Crippen LogP contribution in [-0.4, -0.2) is 31.6 Å². The second-order valence-electron chi connectivity index (χ2n) is 4.38. The maximum Gasteiger partial charge on any atom is 0.142 e. The van der Waals surface area contributed by atoms with Crippen LogP contribution >= 0.6 is 0 Å². The van der Waals surface area contributed by atoms with Crippen LogP contribution in [0.1, 0.15) is 18.4 Å². The molecule has 3 nitrogen and oxygen atoms in total. The smallest absolute Gasteiger partial charge is 0.142 e. The zero-order valence-electron chi connectivity index (χ0n) is 9.91. The number of methoxy groups -OCH3 is 1. The molecule has 1 aliphatic rings. The average molecular weight is 220 g/mol. The molecular formula is C13H20N2O. The van der Waals surface area contributed by atoms with Gasteiger partial charge in [0.05, 0.1) is 12.8 Å². The Morgan fingerprint density at radius 2 is 2.06 bits per heavy atom. The van der Waals surface area contributed by atoms with E-state index in [4.69, 9.17) is 10.5 Å². The highest BCUT2D eigenvalue weighted by molar-refractivity contribution is 5.53. The Bertz CT molecular complexity index is 346. The predicted molar refractivity (Wildman–Crippen MR) is 66.8 cm³/mol. The first-order valence-corrected chi connectivity index (χ1v) is 5.94. The number of hydrogen-bond donors (Lipinski definition) is 1. The molecule has 0 saturated carbocycles. The predicted octanol–water partition coefficient (Wildman–Crippen LogP) is 1.92. The fourth-order valence-electron chi connectivity index (χ4n) is 2.20. The van der Waals surface area contributed by atoms with E-state index in [9.17, 15) is 0 Å². The molecule has 1 aromatic rings. The van der Waals surface area contributed by atoms with E-state index >= 15 is 0 Å². The third kappa shape index (κ3) is 2.67. The van der Waals surface area contributed by atoms with E-state index in [1.807, 2.05) is 12.1 Å². The van der Waals surface area contributed by atoms with Gasteiger partial charge in [-0.2, -0.15) is 0 Å². The Labute approximate surface area is 97.2 Å². The van der Waals surface area contributed by atoms with Crippen LogP contribution in [0, 0.1) is 0 Å². The monoisotopic (exact) mass is 220 g/mol. The van der Waals surface area contributed by atoms with Crippen molar-refractivity contribution in [3.05, 3.63) is 23.8 Å². The average Bonchev–Trinajstić information content (AvgIpc) is 2.81. The molecule has 2 N–H and O–H groups in total. The van der Waals surface area contributed by atoms with Crippen LogP contribution in [0.15, 0.2) is 18.2 Å². The topological polar surface area (TPSA) is 38.5 Å². The highest BCUT2D eigenvalue weighted by Crippen LogP contribution is 2.22. The van der Waals surface area contributed by atoms with Crippen LogP contribution in [0.2, 0.25) is 0 Å². The van der Waals surface area contributed by atoms with Gasteiger partial charge in [0.25, 0.3) is 0 Å². The van der Waals surface area contributed by atoms with Gasteiger partial charge in [0.15, 0.2) is 0 Å². The van der Waals surface area contributed by atoms with Gasteiger partial charge in [-0.05, 0) is 50.0 Å². The molecule has 0 amide bonds. The molecule has 1 heterocycles. The fraction of sp³-hybridized carbons (Fsp3) is 0.538. The minimum Gasteiger partial charge on any atom is -0.495 e. The van der Waals surface area contributed by atoms with Crippen molar-refractivity contribution in [3.8, 4) is 5.75 Å². The van der Waals surface area contributed by atoms with E-state index < -0.39 is 0 Å². The Morgan fingerprint density at radius 3 is 2.75 bits per heavy atom. The maximum atomic E-state index is 5.78. The van der Waals surface area contributed by atoms with Crippen molar-refractivity contribution in [2.45, 2.75) is 19.3 Å². The highest BCUT2D eigenvalue weighted by Gasteiger charge is 2.11. The summed E-state index contributed by atoms with van der Waals surface area (Å²) in [5.41, 5.74) is 7.80. The summed E-state index contributed by atoms with van der Waals surface area (Å²) >= 11 is 0. The minimum absolute atomic E-state index is 0.715. The molecule has 0 atom stereocenters. The van der Waals surface area contributed by atoms with Crippen LogP contribution in [0.4, 0.5) is 5.69 Å². The maximum absolute atomic E-state index is 5.78. The normalized spacial score (nSPS) is 16.6. The van der Waals surface area contributed by atoms with Gasteiger partial charge in [-0.3, -0.25) is 0 Å². The molecule has 0 unspecified atom stereocenters. The molecular weight excluding hydrogens is 200 g/mol. The molecule has 0 aromatic heterocycles. The van der Waals surface area contributed by atoms with Crippen LogP contribution in [0.25, 0.3) is 0 Å². The van der Waals surface area contributed by atoms with Gasteiger partial charge < -0.3 is 15.4 Å². The summed E-state index contributed by atoms with van der Waals surface area (Å²) < 4.78 is 5.22. The van der Waals surface area contributed by atoms with Crippen molar-refractivity contribution in [1.29, 1.82) is 0 Å². The highest BCUT2D eigenvalue weighted by atomic mass is 16.5. The third-order valence-corrected chi connectivity index (χ3v) is 3.21. The number of nitrogens with zero attached hydrogens (tertiary/aromatic N) is 1. The molecule has 16 heavy (non-hydrogen) atoms. The lowest BCUT2D eigenvalue weighted by atomic mass is 10.1. The lowest BCUT2D eigenvalue weighted by Gasteiger charge is -2.14. The summed E-state index contributed by atoms with van der Waals surface area (Å²) in [7, 11) is 1.66. The molecule has 1 saturated heterocycles. The quantitative estimate of drug-likeness (QED) is 0.788. The summed E-state index contributed by atoms with van der Waals surface area (Å²) in [5.74, 6) is 0.791. The lowest BCUT2D eigenvalue weighted by Crippen LogP contribution is -2.21. The standard InChI is InChI=1S/C13H20N2O/c1-16-13-10-11(4-5-12(13)14)6-9-15-7-2-3-8-15/h4-5,10H,2-3,6-9,14H2,1H3. The Morgan fingerprint density at radius 1 is 1.31 bits per heavy atom. The van der Waals surface area contributed by atoms with Crippen molar-refractivity contribution in [1.82, 2.24) is 4.90 Å². The summed E-state index contributed by atoms with van der Waals surface area (Å²) in [5, 5.41) is 0. The van der Waals surface area contributed by atoms with Gasteiger partial charge in [-0.15, -0.1) is 0 Å². The van der Waals surface area contributed by atoms with E-state index in [0.29, 0.717) is 5.69 Å². The first-order valence-electron chi connectivity index (χ1n) is 5.94. The molecule has 0 bridgehead atoms. The van der Waals surface area contributed by atoms with Crippen LogP contribution < -0.4 is 10.5 Å². The second kappa shape index (κ2) is 5.21. The zero-order valence-corrected chi connectivity index (χ0v) is 9.91. The first-order chi connectivity index (χ1) is 7.79. The Hall–Kier alpha value is -1.22. The van der Waals surface area contributed by atoms with E-state index in [2.05, 4.69) is 11.0 Å². The van der Waals surface area contributed by atoms with Gasteiger partial charge in [-0.25, -0.2) is 0 Å². The van der Waals surface area contributed by atoms with Crippen LogP contribution in [-0.2, 0) is 6.42 Å². The van der Waals surface area contributed by atoms with E-state index in [0.717, 1.165) is 18.7 Å². The van der Waals surface area contributed by atoms with Crippen LogP contribution in [0.5, 0.6) is 5.75 Å². The number of nitrogen functional groups attached to an aromatic ring is 1. The summed E-state index contributed by atoms with van der Waals surface area (Å²) in [4.78, 5) is 2.52. The largest absolute Gasteiger partial charge is 0.495 e. The molecule has 0 aliphatic carbocycles. The molecule has 0 radical (unpaired) electrons. The number of nitrogens with two attached hydrogens (primary N) is 1. The van der Waals surface area contributed by atoms with Crippen molar-refractivity contribution in [2.24, 2.45) is 0 Å². The number of benzene rings is 1. The van der Waals surface area contributed by atoms with Gasteiger partial charge in [-0.1, -0.05) is 6.07 Å². The van der Waals surface area contributed by atoms with Gasteiger partial charge >= 0.3 is 0 Å². The van der Waals surface area contributed by atoms with Gasteiger partial charge in [0.1, 0.15) is 5.75 Å². The van der Waals surface area contributed by atoms with Crippen LogP contribution in [0.3, 0.4) is 0 Å². The number of rotatable bonds is 4. The number of likely N-dealkylation sites (tertiary alicyclic amines) is 1. The fourth-order valence-corrected chi connectivity index (χ4v) is 2.20. The van der Waals surface area contributed by atoms with Crippen molar-refractivity contribution >= 4 is 5.69 Å². The van der Waals surface area contributed by atoms with Gasteiger partial charge in [0.2, 0.25) is 0 Å². The molecule has 1 aliphatic heterocycles. The minimum atomic E-state index is 0.715. The second-order valence-corrected chi connectivity index (χ2v) is 4.38. The Kier molecular flexibility index (Phi) is 3.67. The number of hydrogen-bond acceptors (Lipinski definition) is 3. The third-order valence-electron chi connectivity index (χ3n) is 3.21. The van der Waals surface area contributed by atoms with E-state index in [-0.39, 0.29) is 0 Å². The molecule has 88 valence electrons. The molecule has 1 fully saturated rings. The summed E-state index contributed by atoms with van der Waals surface area (Å²) in [6.45, 7) is 3.66. The molecule has 2 rings (SSSR count).